The second-order valence-electron chi connectivity index (χ2n) is 5.47. The molecule has 2 N–H and O–H groups in total. The van der Waals surface area contributed by atoms with Gasteiger partial charge in [-0.2, -0.15) is 0 Å². The van der Waals surface area contributed by atoms with E-state index < -0.39 is 26.0 Å². The number of carbonyl (C=O) groups is 2. The summed E-state index contributed by atoms with van der Waals surface area (Å²) in [5, 5.41) is 11.6. The van der Waals surface area contributed by atoms with Crippen molar-refractivity contribution in [3.05, 3.63) is 65.7 Å². The third kappa shape index (κ3) is 6.11. The van der Waals surface area contributed by atoms with E-state index in [-0.39, 0.29) is 18.3 Å². The molecule has 0 saturated carbocycles. The zero-order valence-corrected chi connectivity index (χ0v) is 15.2. The van der Waals surface area contributed by atoms with Gasteiger partial charge in [-0.15, -0.1) is 0 Å². The van der Waals surface area contributed by atoms with Crippen LogP contribution >= 0.6 is 8.03 Å². The van der Waals surface area contributed by atoms with Gasteiger partial charge in [0, 0.05) is 19.2 Å². The minimum Gasteiger partial charge on any atom is -0.478 e. The van der Waals surface area contributed by atoms with Crippen LogP contribution < -0.4 is 5.32 Å². The maximum atomic E-state index is 12.6. The summed E-state index contributed by atoms with van der Waals surface area (Å²) in [6.07, 6.45) is -0.783. The molecule has 2 aromatic carbocycles. The molecule has 0 aliphatic rings. The highest BCUT2D eigenvalue weighted by molar-refractivity contribution is 7.38. The molecule has 0 aliphatic carbocycles. The molecule has 0 saturated heterocycles. The van der Waals surface area contributed by atoms with Crippen molar-refractivity contribution >= 4 is 25.6 Å². The number of carboxylic acids is 1. The molecule has 7 nitrogen and oxygen atoms in total. The third-order valence-corrected chi connectivity index (χ3v) is 4.56. The molecule has 26 heavy (non-hydrogen) atoms. The second kappa shape index (κ2) is 9.87. The minimum atomic E-state index is -2.52. The van der Waals surface area contributed by atoms with E-state index in [0.29, 0.717) is 5.69 Å². The summed E-state index contributed by atoms with van der Waals surface area (Å²) in [7, 11) is -1.12. The van der Waals surface area contributed by atoms with Gasteiger partial charge in [0.1, 0.15) is 12.5 Å². The normalized spacial score (nSPS) is 13.0. The number of ether oxygens (including phenoxy) is 1. The maximum Gasteiger partial charge on any atom is 0.335 e. The van der Waals surface area contributed by atoms with E-state index in [9.17, 15) is 14.2 Å². The summed E-state index contributed by atoms with van der Waals surface area (Å²) in [5.74, 6) is -1.52. The highest BCUT2D eigenvalue weighted by Crippen LogP contribution is 2.26. The topological polar surface area (TPSA) is 102 Å². The standard InChI is InChI=1S/C18H20NO6P/c1-24-12-26(23)25-16(11-13-5-3-2-4-6-13)17(20)19-15-9-7-14(8-10-15)18(21)22/h2-10,16,26H,11-12H2,1H3,(H,19,20)(H,21,22). The van der Waals surface area contributed by atoms with E-state index >= 15 is 0 Å². The third-order valence-electron chi connectivity index (χ3n) is 3.49. The highest BCUT2D eigenvalue weighted by Gasteiger charge is 2.22. The average molecular weight is 377 g/mol. The average Bonchev–Trinajstić information content (AvgIpc) is 2.62. The van der Waals surface area contributed by atoms with Crippen LogP contribution in [0.4, 0.5) is 5.69 Å². The van der Waals surface area contributed by atoms with Crippen LogP contribution in [0.1, 0.15) is 15.9 Å². The lowest BCUT2D eigenvalue weighted by Gasteiger charge is -2.17. The Morgan fingerprint density at radius 2 is 1.77 bits per heavy atom. The Morgan fingerprint density at radius 3 is 2.35 bits per heavy atom. The predicted molar refractivity (Wildman–Crippen MR) is 97.9 cm³/mol. The molecular formula is C18H20NO6P. The number of methoxy groups -OCH3 is 1. The van der Waals surface area contributed by atoms with Gasteiger partial charge in [0.15, 0.2) is 0 Å². The molecule has 2 unspecified atom stereocenters. The van der Waals surface area contributed by atoms with Gasteiger partial charge in [-0.05, 0) is 29.8 Å². The molecule has 8 heteroatoms. The van der Waals surface area contributed by atoms with Crippen LogP contribution in [0.3, 0.4) is 0 Å². The Kier molecular flexibility index (Phi) is 7.53. The number of rotatable bonds is 9. The lowest BCUT2D eigenvalue weighted by atomic mass is 10.1. The largest absolute Gasteiger partial charge is 0.478 e. The monoisotopic (exact) mass is 377 g/mol. The zero-order valence-electron chi connectivity index (χ0n) is 14.2. The van der Waals surface area contributed by atoms with Gasteiger partial charge in [0.25, 0.3) is 5.91 Å². The molecule has 0 radical (unpaired) electrons. The molecule has 0 aliphatic heterocycles. The van der Waals surface area contributed by atoms with Crippen molar-refractivity contribution in [2.75, 3.05) is 18.8 Å². The minimum absolute atomic E-state index is 0.0729. The predicted octanol–water partition coefficient (Wildman–Crippen LogP) is 3.03. The fourth-order valence-corrected chi connectivity index (χ4v) is 3.06. The van der Waals surface area contributed by atoms with Gasteiger partial charge in [0.2, 0.25) is 8.03 Å². The number of carboxylic acid groups (broad SMARTS) is 1. The number of aromatic carboxylic acids is 1. The maximum absolute atomic E-state index is 12.6. The molecule has 0 spiro atoms. The molecule has 138 valence electrons. The van der Waals surface area contributed by atoms with Crippen LogP contribution in [0.5, 0.6) is 0 Å². The number of nitrogens with one attached hydrogen (secondary N) is 1. The smallest absolute Gasteiger partial charge is 0.335 e. The summed E-state index contributed by atoms with van der Waals surface area (Å²) in [4.78, 5) is 23.4. The number of hydrogen-bond acceptors (Lipinski definition) is 5. The van der Waals surface area contributed by atoms with Gasteiger partial charge >= 0.3 is 5.97 Å². The van der Waals surface area contributed by atoms with E-state index in [1.165, 1.54) is 31.4 Å². The molecule has 2 rings (SSSR count). The number of carbonyl (C=O) groups excluding carboxylic acids is 1. The Hall–Kier alpha value is -2.47. The van der Waals surface area contributed by atoms with Crippen molar-refractivity contribution < 1.29 is 28.5 Å². The molecule has 0 aromatic heterocycles. The van der Waals surface area contributed by atoms with Crippen LogP contribution in [-0.4, -0.2) is 36.5 Å². The Labute approximate surface area is 151 Å². The fourth-order valence-electron chi connectivity index (χ4n) is 2.25. The van der Waals surface area contributed by atoms with E-state index in [1.54, 1.807) is 0 Å². The summed E-state index contributed by atoms with van der Waals surface area (Å²) >= 11 is 0. The highest BCUT2D eigenvalue weighted by atomic mass is 31.1. The van der Waals surface area contributed by atoms with Gasteiger partial charge in [-0.3, -0.25) is 9.36 Å². The number of amides is 1. The van der Waals surface area contributed by atoms with Crippen LogP contribution in [0.25, 0.3) is 0 Å². The first-order chi connectivity index (χ1) is 12.5. The summed E-state index contributed by atoms with van der Waals surface area (Å²) in [6, 6.07) is 15.0. The Bertz CT molecular complexity index is 763. The molecule has 0 heterocycles. The number of anilines is 1. The molecule has 0 bridgehead atoms. The van der Waals surface area contributed by atoms with Crippen LogP contribution in [-0.2, 0) is 25.0 Å². The first-order valence-electron chi connectivity index (χ1n) is 7.86. The molecule has 2 aromatic rings. The van der Waals surface area contributed by atoms with E-state index in [0.717, 1.165) is 5.56 Å². The molecule has 1 amide bonds. The second-order valence-corrected chi connectivity index (χ2v) is 6.74. The lowest BCUT2D eigenvalue weighted by molar-refractivity contribution is -0.122. The van der Waals surface area contributed by atoms with Crippen molar-refractivity contribution in [3.63, 3.8) is 0 Å². The van der Waals surface area contributed by atoms with Crippen LogP contribution in [0.2, 0.25) is 0 Å². The van der Waals surface area contributed by atoms with Gasteiger partial charge < -0.3 is 19.7 Å². The van der Waals surface area contributed by atoms with Crippen molar-refractivity contribution in [1.29, 1.82) is 0 Å². The number of hydrogen-bond donors (Lipinski definition) is 2. The first kappa shape index (κ1) is 19.8. The summed E-state index contributed by atoms with van der Waals surface area (Å²) < 4.78 is 22.1. The van der Waals surface area contributed by atoms with Crippen LogP contribution in [0, 0.1) is 0 Å². The molecular weight excluding hydrogens is 357 g/mol. The summed E-state index contributed by atoms with van der Waals surface area (Å²) in [5.41, 5.74) is 1.40. The van der Waals surface area contributed by atoms with Gasteiger partial charge in [-0.1, -0.05) is 30.3 Å². The Morgan fingerprint density at radius 1 is 1.12 bits per heavy atom. The molecule has 2 atom stereocenters. The van der Waals surface area contributed by atoms with Crippen molar-refractivity contribution in [1.82, 2.24) is 0 Å². The van der Waals surface area contributed by atoms with Crippen LogP contribution in [0.15, 0.2) is 54.6 Å². The van der Waals surface area contributed by atoms with Crippen molar-refractivity contribution in [2.24, 2.45) is 0 Å². The van der Waals surface area contributed by atoms with Crippen molar-refractivity contribution in [3.8, 4) is 0 Å². The fraction of sp³-hybridized carbons (Fsp3) is 0.222. The lowest BCUT2D eigenvalue weighted by Crippen LogP contribution is -2.31. The quantitative estimate of drug-likeness (QED) is 0.652. The first-order valence-corrected chi connectivity index (χ1v) is 9.38. The molecule has 0 fully saturated rings. The summed E-state index contributed by atoms with van der Waals surface area (Å²) in [6.45, 7) is 0. The number of benzene rings is 2. The van der Waals surface area contributed by atoms with E-state index in [4.69, 9.17) is 14.4 Å². The van der Waals surface area contributed by atoms with Gasteiger partial charge in [-0.25, -0.2) is 4.79 Å². The van der Waals surface area contributed by atoms with Crippen molar-refractivity contribution in [2.45, 2.75) is 12.5 Å². The van der Waals surface area contributed by atoms with E-state index in [1.807, 2.05) is 30.3 Å². The van der Waals surface area contributed by atoms with Gasteiger partial charge in [0.05, 0.1) is 5.56 Å². The van der Waals surface area contributed by atoms with E-state index in [2.05, 4.69) is 5.32 Å². The SMILES string of the molecule is COC[PH](=O)OC(Cc1ccccc1)C(=O)Nc1ccc(C(=O)O)cc1. The Balaban J connectivity index is 2.10. The zero-order chi connectivity index (χ0) is 18.9.